The summed E-state index contributed by atoms with van der Waals surface area (Å²) >= 11 is 0. The molecule has 2 saturated heterocycles. The molecular weight excluding hydrogens is 446 g/mol. The zero-order valence-electron chi connectivity index (χ0n) is 20.7. The van der Waals surface area contributed by atoms with E-state index in [0.29, 0.717) is 12.8 Å². The average molecular weight is 482 g/mol. The van der Waals surface area contributed by atoms with E-state index in [1.54, 1.807) is 19.1 Å². The lowest BCUT2D eigenvalue weighted by atomic mass is 9.50. The Kier molecular flexibility index (Phi) is 5.81. The predicted octanol–water partition coefficient (Wildman–Crippen LogP) is 1.85. The minimum atomic E-state index is -1.79. The molecule has 0 unspecified atom stereocenters. The Bertz CT molecular complexity index is 1070. The van der Waals surface area contributed by atoms with E-state index >= 15 is 0 Å². The molecule has 1 amide bonds. The lowest BCUT2D eigenvalue weighted by Crippen LogP contribution is -2.62. The fourth-order valence-electron chi connectivity index (χ4n) is 7.17. The highest BCUT2D eigenvalue weighted by molar-refractivity contribution is 5.98. The second kappa shape index (κ2) is 8.36. The number of ketones is 2. The van der Waals surface area contributed by atoms with Gasteiger partial charge in [-0.25, -0.2) is 0 Å². The van der Waals surface area contributed by atoms with Crippen LogP contribution in [0.3, 0.4) is 0 Å². The summed E-state index contributed by atoms with van der Waals surface area (Å²) in [6.45, 7) is 7.04. The third-order valence-electron chi connectivity index (χ3n) is 9.26. The first kappa shape index (κ1) is 24.3. The highest BCUT2D eigenvalue weighted by Gasteiger charge is 2.73. The molecule has 1 aromatic rings. The third kappa shape index (κ3) is 3.46. The van der Waals surface area contributed by atoms with Gasteiger partial charge in [0.15, 0.2) is 5.78 Å². The lowest BCUT2D eigenvalue weighted by Gasteiger charge is -2.50. The molecule has 3 N–H and O–H groups in total. The van der Waals surface area contributed by atoms with E-state index in [4.69, 9.17) is 4.74 Å². The topological polar surface area (TPSA) is 116 Å². The van der Waals surface area contributed by atoms with Gasteiger partial charge in [0.2, 0.25) is 5.91 Å². The smallest absolute Gasteiger partial charge is 0.230 e. The Morgan fingerprint density at radius 1 is 1.11 bits per heavy atom. The van der Waals surface area contributed by atoms with E-state index in [-0.39, 0.29) is 41.3 Å². The fourth-order valence-corrected chi connectivity index (χ4v) is 7.17. The molecule has 0 radical (unpaired) electrons. The summed E-state index contributed by atoms with van der Waals surface area (Å²) in [4.78, 5) is 40.6. The Hall–Kier alpha value is -2.35. The van der Waals surface area contributed by atoms with Gasteiger partial charge in [-0.3, -0.25) is 14.4 Å². The van der Waals surface area contributed by atoms with Gasteiger partial charge in [0.1, 0.15) is 23.6 Å². The van der Waals surface area contributed by atoms with E-state index in [9.17, 15) is 24.6 Å². The molecule has 7 heteroatoms. The highest BCUT2D eigenvalue weighted by atomic mass is 16.6. The zero-order valence-corrected chi connectivity index (χ0v) is 20.7. The van der Waals surface area contributed by atoms with Crippen LogP contribution in [-0.2, 0) is 25.5 Å². The molecule has 5 rings (SSSR count). The summed E-state index contributed by atoms with van der Waals surface area (Å²) in [6, 6.07) is 9.59. The van der Waals surface area contributed by atoms with Crippen LogP contribution >= 0.6 is 0 Å². The van der Waals surface area contributed by atoms with Gasteiger partial charge in [-0.1, -0.05) is 63.3 Å². The molecule has 1 saturated carbocycles. The van der Waals surface area contributed by atoms with Crippen molar-refractivity contribution in [3.8, 4) is 0 Å². The van der Waals surface area contributed by atoms with Gasteiger partial charge in [-0.05, 0) is 31.2 Å². The predicted molar refractivity (Wildman–Crippen MR) is 128 cm³/mol. The number of carbonyl (C=O) groups excluding carboxylic acids is 3. The van der Waals surface area contributed by atoms with Crippen LogP contribution in [0.5, 0.6) is 0 Å². The second-order valence-corrected chi connectivity index (χ2v) is 11.3. The van der Waals surface area contributed by atoms with E-state index in [2.05, 4.69) is 5.32 Å². The van der Waals surface area contributed by atoms with Gasteiger partial charge in [-0.15, -0.1) is 0 Å². The van der Waals surface area contributed by atoms with E-state index in [1.807, 2.05) is 44.2 Å². The van der Waals surface area contributed by atoms with Crippen LogP contribution in [0, 0.1) is 35.0 Å². The molecule has 2 aliphatic carbocycles. The quantitative estimate of drug-likeness (QED) is 0.439. The monoisotopic (exact) mass is 481 g/mol. The molecule has 3 fully saturated rings. The number of fused-ring (bicyclic) bond motifs is 1. The summed E-state index contributed by atoms with van der Waals surface area (Å²) in [5.74, 6) is -2.95. The molecule has 2 aliphatic heterocycles. The van der Waals surface area contributed by atoms with Crippen molar-refractivity contribution in [2.75, 3.05) is 0 Å². The van der Waals surface area contributed by atoms with Crippen molar-refractivity contribution in [2.24, 2.45) is 35.0 Å². The molecule has 7 nitrogen and oxygen atoms in total. The van der Waals surface area contributed by atoms with Crippen LogP contribution in [0.4, 0.5) is 0 Å². The van der Waals surface area contributed by atoms with Crippen LogP contribution in [-0.4, -0.2) is 57.6 Å². The lowest BCUT2D eigenvalue weighted by molar-refractivity contribution is -0.163. The molecule has 11 atom stereocenters. The number of rotatable bonds is 2. The Balaban J connectivity index is 1.64. The maximum absolute atomic E-state index is 13.9. The number of ether oxygens (including phenoxy) is 1. The van der Waals surface area contributed by atoms with Crippen molar-refractivity contribution in [3.05, 3.63) is 48.0 Å². The molecule has 0 bridgehead atoms. The minimum absolute atomic E-state index is 0.0817. The molecular formula is C28H35NO6. The number of aliphatic hydroxyl groups is 2. The normalized spacial score (nSPS) is 48.2. The summed E-state index contributed by atoms with van der Waals surface area (Å²) < 4.78 is 5.75. The van der Waals surface area contributed by atoms with Crippen LogP contribution in [0.1, 0.15) is 39.7 Å². The second-order valence-electron chi connectivity index (χ2n) is 11.3. The SMILES string of the molecule is C[C@H]1[C@H]2[C@H](Cc3ccccc3)NC(=O)[C@]23[C@H](O)[C@@H]2O[C@@H]2[C@@](C)(O)C(=O)[C@@H](C)C/C=C/[C@H]3C(=O)[C@@H]1C. The van der Waals surface area contributed by atoms with Crippen molar-refractivity contribution >= 4 is 17.5 Å². The van der Waals surface area contributed by atoms with Crippen LogP contribution < -0.4 is 5.32 Å². The Labute approximate surface area is 205 Å². The molecule has 0 aromatic heterocycles. The van der Waals surface area contributed by atoms with Crippen molar-refractivity contribution in [2.45, 2.75) is 70.5 Å². The molecule has 35 heavy (non-hydrogen) atoms. The van der Waals surface area contributed by atoms with Crippen LogP contribution in [0.15, 0.2) is 42.5 Å². The minimum Gasteiger partial charge on any atom is -0.389 e. The fraction of sp³-hybridized carbons (Fsp3) is 0.607. The standard InChI is InChI=1S/C28H35NO6/c1-14-9-8-12-18-21(30)16(3)15(2)20-19(13-17-10-6-5-7-11-17)29-26(33)28(18,20)24(32)22-25(35-22)27(4,34)23(14)31/h5-8,10-12,14-16,18-20,22,24-25,32,34H,9,13H2,1-4H3,(H,29,33)/b12-8+/t14-,15+,16+,18-,19-,20-,22-,24+,25-,27-,28-/m0/s1. The van der Waals surface area contributed by atoms with Crippen LogP contribution in [0.25, 0.3) is 0 Å². The Morgan fingerprint density at radius 3 is 2.49 bits per heavy atom. The number of allylic oxidation sites excluding steroid dienone is 2. The van der Waals surface area contributed by atoms with E-state index < -0.39 is 41.2 Å². The Morgan fingerprint density at radius 2 is 1.80 bits per heavy atom. The van der Waals surface area contributed by atoms with Crippen molar-refractivity contribution in [3.63, 3.8) is 0 Å². The largest absolute Gasteiger partial charge is 0.389 e. The number of benzene rings is 1. The van der Waals surface area contributed by atoms with Gasteiger partial charge >= 0.3 is 0 Å². The number of aliphatic hydroxyl groups excluding tert-OH is 1. The summed E-state index contributed by atoms with van der Waals surface area (Å²) in [7, 11) is 0. The first-order chi connectivity index (χ1) is 16.5. The first-order valence-corrected chi connectivity index (χ1v) is 12.7. The highest BCUT2D eigenvalue weighted by Crippen LogP contribution is 2.59. The summed E-state index contributed by atoms with van der Waals surface area (Å²) in [5, 5.41) is 26.1. The van der Waals surface area contributed by atoms with Gasteiger partial charge < -0.3 is 20.3 Å². The van der Waals surface area contributed by atoms with Gasteiger partial charge in [-0.2, -0.15) is 0 Å². The molecule has 1 aromatic carbocycles. The summed E-state index contributed by atoms with van der Waals surface area (Å²) in [6.07, 6.45) is 1.22. The van der Waals surface area contributed by atoms with Crippen molar-refractivity contribution < 1.29 is 29.3 Å². The molecule has 4 aliphatic rings. The molecule has 188 valence electrons. The number of Topliss-reactive ketones (excluding diaryl/α,β-unsaturated/α-hetero) is 2. The number of nitrogens with one attached hydrogen (secondary N) is 1. The number of amides is 1. The van der Waals surface area contributed by atoms with Gasteiger partial charge in [0.05, 0.1) is 17.4 Å². The number of hydrogen-bond acceptors (Lipinski definition) is 6. The van der Waals surface area contributed by atoms with Gasteiger partial charge in [0, 0.05) is 23.8 Å². The van der Waals surface area contributed by atoms with E-state index in [1.165, 1.54) is 6.92 Å². The first-order valence-electron chi connectivity index (χ1n) is 12.7. The number of carbonyl (C=O) groups is 3. The number of hydrogen-bond donors (Lipinski definition) is 3. The van der Waals surface area contributed by atoms with Crippen LogP contribution in [0.2, 0.25) is 0 Å². The number of epoxide rings is 1. The molecule has 2 heterocycles. The van der Waals surface area contributed by atoms with Gasteiger partial charge in [0.25, 0.3) is 0 Å². The van der Waals surface area contributed by atoms with Crippen molar-refractivity contribution in [1.82, 2.24) is 5.32 Å². The van der Waals surface area contributed by atoms with E-state index in [0.717, 1.165) is 5.56 Å². The maximum atomic E-state index is 13.9. The molecule has 1 spiro atoms. The average Bonchev–Trinajstić information content (AvgIpc) is 3.59. The third-order valence-corrected chi connectivity index (χ3v) is 9.26. The zero-order chi connectivity index (χ0) is 25.3. The maximum Gasteiger partial charge on any atom is 0.230 e. The van der Waals surface area contributed by atoms with Crippen molar-refractivity contribution in [1.29, 1.82) is 0 Å². The summed E-state index contributed by atoms with van der Waals surface area (Å²) in [5.41, 5.74) is -2.17.